The Hall–Kier alpha value is -0.910. The molecule has 124 valence electrons. The van der Waals surface area contributed by atoms with Crippen molar-refractivity contribution in [2.24, 2.45) is 5.73 Å². The van der Waals surface area contributed by atoms with Gasteiger partial charge >= 0.3 is 0 Å². The second kappa shape index (κ2) is 9.28. The van der Waals surface area contributed by atoms with Gasteiger partial charge in [0.1, 0.15) is 5.75 Å². The summed E-state index contributed by atoms with van der Waals surface area (Å²) in [5, 5.41) is 0. The smallest absolute Gasteiger partial charge is 0.239 e. The van der Waals surface area contributed by atoms with Gasteiger partial charge in [0.15, 0.2) is 0 Å². The average molecular weight is 345 g/mol. The van der Waals surface area contributed by atoms with E-state index in [1.54, 1.807) is 11.8 Å². The highest BCUT2D eigenvalue weighted by Gasteiger charge is 2.24. The van der Waals surface area contributed by atoms with Crippen LogP contribution >= 0.6 is 24.2 Å². The predicted molar refractivity (Wildman–Crippen MR) is 95.0 cm³/mol. The third-order valence-corrected chi connectivity index (χ3v) is 4.41. The molecule has 0 bridgehead atoms. The van der Waals surface area contributed by atoms with Gasteiger partial charge in [0.05, 0.1) is 12.6 Å². The van der Waals surface area contributed by atoms with Gasteiger partial charge < -0.3 is 15.4 Å². The standard InChI is InChI=1S/C16H24N2O2S.ClH/c1-3-20-14-5-4-12-6-8-18(11-13(12)10-14)16(19)15(17)7-9-21-2;/h4-5,10,15H,3,6-9,11,17H2,1-2H3;1H. The topological polar surface area (TPSA) is 55.6 Å². The molecule has 0 radical (unpaired) electrons. The first kappa shape index (κ1) is 19.1. The molecular formula is C16H25ClN2O2S. The first-order valence-corrected chi connectivity index (χ1v) is 8.83. The molecule has 1 aromatic rings. The van der Waals surface area contributed by atoms with Crippen LogP contribution in [0.25, 0.3) is 0 Å². The maximum atomic E-state index is 12.4. The van der Waals surface area contributed by atoms with Gasteiger partial charge in [0.2, 0.25) is 5.91 Å². The van der Waals surface area contributed by atoms with Gasteiger partial charge in [-0.25, -0.2) is 0 Å². The summed E-state index contributed by atoms with van der Waals surface area (Å²) < 4.78 is 5.54. The van der Waals surface area contributed by atoms with Gasteiger partial charge in [-0.15, -0.1) is 12.4 Å². The van der Waals surface area contributed by atoms with Crippen LogP contribution in [0, 0.1) is 0 Å². The number of ether oxygens (including phenoxy) is 1. The first-order chi connectivity index (χ1) is 10.2. The molecule has 1 amide bonds. The molecular weight excluding hydrogens is 320 g/mol. The van der Waals surface area contributed by atoms with Crippen molar-refractivity contribution in [3.8, 4) is 5.75 Å². The Labute approximate surface area is 143 Å². The molecule has 4 nitrogen and oxygen atoms in total. The number of fused-ring (bicyclic) bond motifs is 1. The molecule has 6 heteroatoms. The molecule has 0 saturated heterocycles. The molecule has 1 atom stereocenters. The van der Waals surface area contributed by atoms with Crippen molar-refractivity contribution in [2.75, 3.05) is 25.2 Å². The minimum absolute atomic E-state index is 0. The lowest BCUT2D eigenvalue weighted by Crippen LogP contribution is -2.46. The zero-order valence-electron chi connectivity index (χ0n) is 13.2. The van der Waals surface area contributed by atoms with Crippen molar-refractivity contribution < 1.29 is 9.53 Å². The molecule has 1 unspecified atom stereocenters. The van der Waals surface area contributed by atoms with Crippen LogP contribution in [-0.2, 0) is 17.8 Å². The zero-order chi connectivity index (χ0) is 15.2. The number of nitrogens with two attached hydrogens (primary N) is 1. The van der Waals surface area contributed by atoms with E-state index in [-0.39, 0.29) is 24.4 Å². The van der Waals surface area contributed by atoms with Gasteiger partial charge in [0.25, 0.3) is 0 Å². The van der Waals surface area contributed by atoms with Gasteiger partial charge in [-0.05, 0) is 55.0 Å². The van der Waals surface area contributed by atoms with E-state index in [0.29, 0.717) is 13.2 Å². The minimum Gasteiger partial charge on any atom is -0.494 e. The molecule has 1 aliphatic rings. The SMILES string of the molecule is CCOc1ccc2c(c1)CN(C(=O)C(N)CCSC)CC2.Cl. The average Bonchev–Trinajstić information content (AvgIpc) is 2.51. The van der Waals surface area contributed by atoms with Crippen molar-refractivity contribution >= 4 is 30.1 Å². The Bertz CT molecular complexity index is 499. The van der Waals surface area contributed by atoms with Crippen LogP contribution in [0.4, 0.5) is 0 Å². The van der Waals surface area contributed by atoms with E-state index in [1.807, 2.05) is 30.2 Å². The number of halogens is 1. The summed E-state index contributed by atoms with van der Waals surface area (Å²) in [4.78, 5) is 14.3. The summed E-state index contributed by atoms with van der Waals surface area (Å²) in [5.74, 6) is 1.86. The molecule has 0 saturated carbocycles. The maximum absolute atomic E-state index is 12.4. The van der Waals surface area contributed by atoms with Gasteiger partial charge in [-0.3, -0.25) is 4.79 Å². The lowest BCUT2D eigenvalue weighted by atomic mass is 9.98. The number of rotatable bonds is 6. The fourth-order valence-corrected chi connectivity index (χ4v) is 3.07. The number of nitrogens with zero attached hydrogens (tertiary/aromatic N) is 1. The number of carbonyl (C=O) groups is 1. The molecule has 1 heterocycles. The fraction of sp³-hybridized carbons (Fsp3) is 0.562. The number of thioether (sulfide) groups is 1. The lowest BCUT2D eigenvalue weighted by molar-refractivity contribution is -0.133. The molecule has 1 aliphatic heterocycles. The number of carbonyl (C=O) groups excluding carboxylic acids is 1. The summed E-state index contributed by atoms with van der Waals surface area (Å²) in [6, 6.07) is 5.78. The van der Waals surface area contributed by atoms with Crippen LogP contribution in [0.3, 0.4) is 0 Å². The second-order valence-corrected chi connectivity index (χ2v) is 6.25. The fourth-order valence-electron chi connectivity index (χ4n) is 2.58. The van der Waals surface area contributed by atoms with Crippen LogP contribution in [0.15, 0.2) is 18.2 Å². The molecule has 22 heavy (non-hydrogen) atoms. The van der Waals surface area contributed by atoms with Crippen LogP contribution in [0.5, 0.6) is 5.75 Å². The third kappa shape index (κ3) is 4.80. The number of benzene rings is 1. The van der Waals surface area contributed by atoms with E-state index < -0.39 is 0 Å². The van der Waals surface area contributed by atoms with Crippen molar-refractivity contribution in [1.29, 1.82) is 0 Å². The summed E-state index contributed by atoms with van der Waals surface area (Å²) in [6.07, 6.45) is 3.66. The molecule has 1 aromatic carbocycles. The highest BCUT2D eigenvalue weighted by Crippen LogP contribution is 2.24. The van der Waals surface area contributed by atoms with Crippen LogP contribution in [0.1, 0.15) is 24.5 Å². The normalized spacial score (nSPS) is 14.8. The second-order valence-electron chi connectivity index (χ2n) is 5.26. The quantitative estimate of drug-likeness (QED) is 0.861. The zero-order valence-corrected chi connectivity index (χ0v) is 14.8. The highest BCUT2D eigenvalue weighted by molar-refractivity contribution is 7.98. The summed E-state index contributed by atoms with van der Waals surface area (Å²) in [6.45, 7) is 4.02. The summed E-state index contributed by atoms with van der Waals surface area (Å²) in [7, 11) is 0. The van der Waals surface area contributed by atoms with Gasteiger partial charge in [-0.1, -0.05) is 6.07 Å². The van der Waals surface area contributed by atoms with Crippen molar-refractivity contribution in [3.63, 3.8) is 0 Å². The monoisotopic (exact) mass is 344 g/mol. The van der Waals surface area contributed by atoms with E-state index in [2.05, 4.69) is 6.07 Å². The van der Waals surface area contributed by atoms with Crippen molar-refractivity contribution in [3.05, 3.63) is 29.3 Å². The minimum atomic E-state index is -0.380. The van der Waals surface area contributed by atoms with E-state index in [4.69, 9.17) is 10.5 Å². The van der Waals surface area contributed by atoms with E-state index >= 15 is 0 Å². The molecule has 2 rings (SSSR count). The molecule has 0 aromatic heterocycles. The Kier molecular flexibility index (Phi) is 8.07. The Balaban J connectivity index is 0.00000242. The number of hydrogen-bond donors (Lipinski definition) is 1. The summed E-state index contributed by atoms with van der Waals surface area (Å²) >= 11 is 1.72. The summed E-state index contributed by atoms with van der Waals surface area (Å²) in [5.41, 5.74) is 8.49. The molecule has 0 spiro atoms. The van der Waals surface area contributed by atoms with E-state index in [9.17, 15) is 4.79 Å². The highest BCUT2D eigenvalue weighted by atomic mass is 35.5. The predicted octanol–water partition coefficient (Wildman–Crippen LogP) is 2.47. The number of amides is 1. The Morgan fingerprint density at radius 3 is 2.91 bits per heavy atom. The van der Waals surface area contributed by atoms with E-state index in [1.165, 1.54) is 11.1 Å². The Morgan fingerprint density at radius 2 is 2.23 bits per heavy atom. The lowest BCUT2D eigenvalue weighted by Gasteiger charge is -2.31. The van der Waals surface area contributed by atoms with Gasteiger partial charge in [-0.2, -0.15) is 11.8 Å². The van der Waals surface area contributed by atoms with E-state index in [0.717, 1.165) is 30.9 Å². The molecule has 0 fully saturated rings. The largest absolute Gasteiger partial charge is 0.494 e. The number of hydrogen-bond acceptors (Lipinski definition) is 4. The molecule has 0 aliphatic carbocycles. The Morgan fingerprint density at radius 1 is 1.45 bits per heavy atom. The maximum Gasteiger partial charge on any atom is 0.239 e. The van der Waals surface area contributed by atoms with Crippen molar-refractivity contribution in [1.82, 2.24) is 4.90 Å². The van der Waals surface area contributed by atoms with Crippen LogP contribution in [0.2, 0.25) is 0 Å². The first-order valence-electron chi connectivity index (χ1n) is 7.43. The third-order valence-electron chi connectivity index (χ3n) is 3.76. The van der Waals surface area contributed by atoms with Crippen molar-refractivity contribution in [2.45, 2.75) is 32.4 Å². The van der Waals surface area contributed by atoms with Crippen LogP contribution in [-0.4, -0.2) is 42.0 Å². The molecule has 2 N–H and O–H groups in total. The van der Waals surface area contributed by atoms with Crippen LogP contribution < -0.4 is 10.5 Å². The van der Waals surface area contributed by atoms with Gasteiger partial charge in [0, 0.05) is 13.1 Å².